The number of hydrogen-bond donors (Lipinski definition) is 1. The van der Waals surface area contributed by atoms with Crippen molar-refractivity contribution in [2.75, 3.05) is 0 Å². The minimum atomic E-state index is -0.0516. The van der Waals surface area contributed by atoms with Gasteiger partial charge >= 0.3 is 0 Å². The highest BCUT2D eigenvalue weighted by Crippen LogP contribution is 2.18. The Morgan fingerprint density at radius 1 is 1.27 bits per heavy atom. The molecule has 0 aliphatic carbocycles. The van der Waals surface area contributed by atoms with Crippen LogP contribution in [-0.2, 0) is 0 Å². The van der Waals surface area contributed by atoms with E-state index in [0.717, 1.165) is 0 Å². The first-order valence-electron chi connectivity index (χ1n) is 4.03. The molecule has 0 amide bonds. The molecule has 0 rings (SSSR count). The summed E-state index contributed by atoms with van der Waals surface area (Å²) >= 11 is 0. The van der Waals surface area contributed by atoms with E-state index in [1.54, 1.807) is 0 Å². The van der Waals surface area contributed by atoms with E-state index in [4.69, 9.17) is 5.26 Å². The average molecular weight is 154 g/mol. The Hall–Kier alpha value is -0.550. The molecular weight excluding hydrogens is 136 g/mol. The monoisotopic (exact) mass is 154 g/mol. The van der Waals surface area contributed by atoms with Gasteiger partial charge in [-0.3, -0.25) is 5.32 Å². The minimum absolute atomic E-state index is 0.0516. The third-order valence-electron chi connectivity index (χ3n) is 1.99. The standard InChI is InChI=1S/C9H18N2/c1-7(6-10)11-8(2)9(3,4)5/h7-8,11H,1-5H3. The maximum atomic E-state index is 8.54. The van der Waals surface area contributed by atoms with Crippen LogP contribution < -0.4 is 5.32 Å². The molecule has 2 atom stereocenters. The topological polar surface area (TPSA) is 35.8 Å². The Bertz CT molecular complexity index is 150. The number of nitrogens with one attached hydrogen (secondary N) is 1. The van der Waals surface area contributed by atoms with Crippen LogP contribution in [0.4, 0.5) is 0 Å². The summed E-state index contributed by atoms with van der Waals surface area (Å²) in [5.74, 6) is 0. The van der Waals surface area contributed by atoms with Crippen LogP contribution in [0.15, 0.2) is 0 Å². The van der Waals surface area contributed by atoms with Crippen LogP contribution in [0, 0.1) is 16.7 Å². The Labute approximate surface area is 69.6 Å². The smallest absolute Gasteiger partial charge is 0.0926 e. The number of hydrogen-bond acceptors (Lipinski definition) is 2. The Balaban J connectivity index is 3.90. The lowest BCUT2D eigenvalue weighted by Gasteiger charge is -2.29. The molecule has 0 spiro atoms. The highest BCUT2D eigenvalue weighted by atomic mass is 14.9. The predicted molar refractivity (Wildman–Crippen MR) is 47.1 cm³/mol. The van der Waals surface area contributed by atoms with Crippen LogP contribution in [-0.4, -0.2) is 12.1 Å². The van der Waals surface area contributed by atoms with Gasteiger partial charge in [-0.1, -0.05) is 20.8 Å². The SMILES string of the molecule is CC(C#N)NC(C)C(C)(C)C. The van der Waals surface area contributed by atoms with E-state index in [0.29, 0.717) is 6.04 Å². The van der Waals surface area contributed by atoms with Gasteiger partial charge in [-0.05, 0) is 19.3 Å². The Kier molecular flexibility index (Phi) is 3.54. The summed E-state index contributed by atoms with van der Waals surface area (Å²) in [5.41, 5.74) is 0.227. The van der Waals surface area contributed by atoms with E-state index in [1.807, 2.05) is 6.92 Å². The van der Waals surface area contributed by atoms with Gasteiger partial charge in [-0.25, -0.2) is 0 Å². The van der Waals surface area contributed by atoms with E-state index < -0.39 is 0 Å². The third-order valence-corrected chi connectivity index (χ3v) is 1.99. The molecule has 0 heterocycles. The van der Waals surface area contributed by atoms with Gasteiger partial charge in [0.2, 0.25) is 0 Å². The summed E-state index contributed by atoms with van der Waals surface area (Å²) in [7, 11) is 0. The van der Waals surface area contributed by atoms with Crippen molar-refractivity contribution in [1.82, 2.24) is 5.32 Å². The zero-order valence-electron chi connectivity index (χ0n) is 8.10. The second-order valence-electron chi connectivity index (χ2n) is 4.11. The molecule has 0 fully saturated rings. The van der Waals surface area contributed by atoms with Crippen LogP contribution in [0.1, 0.15) is 34.6 Å². The molecule has 1 N–H and O–H groups in total. The second kappa shape index (κ2) is 3.73. The van der Waals surface area contributed by atoms with Gasteiger partial charge in [0.1, 0.15) is 0 Å². The number of nitrogens with zero attached hydrogens (tertiary/aromatic N) is 1. The fraction of sp³-hybridized carbons (Fsp3) is 0.889. The van der Waals surface area contributed by atoms with Crippen molar-refractivity contribution in [3.63, 3.8) is 0 Å². The summed E-state index contributed by atoms with van der Waals surface area (Å²) in [6.07, 6.45) is 0. The first-order chi connectivity index (χ1) is 4.88. The normalized spacial score (nSPS) is 17.1. The van der Waals surface area contributed by atoms with Crippen molar-refractivity contribution in [2.24, 2.45) is 5.41 Å². The molecule has 0 radical (unpaired) electrons. The fourth-order valence-electron chi connectivity index (χ4n) is 0.662. The van der Waals surface area contributed by atoms with E-state index >= 15 is 0 Å². The summed E-state index contributed by atoms with van der Waals surface area (Å²) < 4.78 is 0. The first kappa shape index (κ1) is 10.4. The molecule has 11 heavy (non-hydrogen) atoms. The van der Waals surface area contributed by atoms with Gasteiger partial charge in [0, 0.05) is 6.04 Å². The molecule has 2 nitrogen and oxygen atoms in total. The van der Waals surface area contributed by atoms with Crippen LogP contribution in [0.3, 0.4) is 0 Å². The molecule has 0 aromatic rings. The van der Waals surface area contributed by atoms with E-state index in [1.165, 1.54) is 0 Å². The lowest BCUT2D eigenvalue weighted by Crippen LogP contribution is -2.42. The van der Waals surface area contributed by atoms with Crippen LogP contribution >= 0.6 is 0 Å². The highest BCUT2D eigenvalue weighted by Gasteiger charge is 2.20. The van der Waals surface area contributed by atoms with Crippen molar-refractivity contribution in [1.29, 1.82) is 5.26 Å². The maximum Gasteiger partial charge on any atom is 0.0926 e. The quantitative estimate of drug-likeness (QED) is 0.659. The highest BCUT2D eigenvalue weighted by molar-refractivity contribution is 4.89. The molecule has 0 aliphatic rings. The van der Waals surface area contributed by atoms with Gasteiger partial charge in [0.05, 0.1) is 12.1 Å². The predicted octanol–water partition coefficient (Wildman–Crippen LogP) is 1.92. The molecule has 0 saturated carbocycles. The van der Waals surface area contributed by atoms with Crippen molar-refractivity contribution >= 4 is 0 Å². The molecule has 2 heteroatoms. The Morgan fingerprint density at radius 2 is 1.73 bits per heavy atom. The maximum absolute atomic E-state index is 8.54. The lowest BCUT2D eigenvalue weighted by atomic mass is 9.88. The molecule has 0 aromatic carbocycles. The van der Waals surface area contributed by atoms with Gasteiger partial charge in [-0.15, -0.1) is 0 Å². The zero-order chi connectivity index (χ0) is 9.07. The summed E-state index contributed by atoms with van der Waals surface area (Å²) in [4.78, 5) is 0. The molecule has 64 valence electrons. The van der Waals surface area contributed by atoms with Crippen molar-refractivity contribution < 1.29 is 0 Å². The average Bonchev–Trinajstić information content (AvgIpc) is 1.85. The van der Waals surface area contributed by atoms with Crippen molar-refractivity contribution in [3.8, 4) is 6.07 Å². The summed E-state index contributed by atoms with van der Waals surface area (Å²) in [6.45, 7) is 10.5. The lowest BCUT2D eigenvalue weighted by molar-refractivity contribution is 0.279. The Morgan fingerprint density at radius 3 is 2.00 bits per heavy atom. The van der Waals surface area contributed by atoms with Crippen LogP contribution in [0.25, 0.3) is 0 Å². The molecule has 0 bridgehead atoms. The summed E-state index contributed by atoms with van der Waals surface area (Å²) in [6, 6.07) is 2.48. The molecule has 0 saturated heterocycles. The minimum Gasteiger partial charge on any atom is -0.299 e. The second-order valence-corrected chi connectivity index (χ2v) is 4.11. The van der Waals surface area contributed by atoms with Crippen LogP contribution in [0.2, 0.25) is 0 Å². The zero-order valence-corrected chi connectivity index (χ0v) is 8.10. The van der Waals surface area contributed by atoms with Crippen LogP contribution in [0.5, 0.6) is 0 Å². The third kappa shape index (κ3) is 4.00. The van der Waals surface area contributed by atoms with Gasteiger partial charge in [0.25, 0.3) is 0 Å². The summed E-state index contributed by atoms with van der Waals surface area (Å²) in [5, 5.41) is 11.7. The van der Waals surface area contributed by atoms with Crippen molar-refractivity contribution in [2.45, 2.75) is 46.7 Å². The van der Waals surface area contributed by atoms with E-state index in [9.17, 15) is 0 Å². The van der Waals surface area contributed by atoms with Gasteiger partial charge in [-0.2, -0.15) is 5.26 Å². The molecule has 2 unspecified atom stereocenters. The van der Waals surface area contributed by atoms with Gasteiger partial charge < -0.3 is 0 Å². The largest absolute Gasteiger partial charge is 0.299 e. The number of rotatable bonds is 2. The molecular formula is C9H18N2. The first-order valence-corrected chi connectivity index (χ1v) is 4.03. The van der Waals surface area contributed by atoms with Crippen molar-refractivity contribution in [3.05, 3.63) is 0 Å². The fourth-order valence-corrected chi connectivity index (χ4v) is 0.662. The molecule has 0 aromatic heterocycles. The molecule has 0 aliphatic heterocycles. The number of nitriles is 1. The van der Waals surface area contributed by atoms with E-state index in [2.05, 4.69) is 39.1 Å². The van der Waals surface area contributed by atoms with Gasteiger partial charge in [0.15, 0.2) is 0 Å². The van der Waals surface area contributed by atoms with E-state index in [-0.39, 0.29) is 11.5 Å².